The van der Waals surface area contributed by atoms with Gasteiger partial charge in [-0.1, -0.05) is 0 Å². The Morgan fingerprint density at radius 3 is 1.64 bits per heavy atom. The van der Waals surface area contributed by atoms with Crippen molar-refractivity contribution in [3.05, 3.63) is 0 Å². The van der Waals surface area contributed by atoms with Gasteiger partial charge in [0.2, 0.25) is 0 Å². The van der Waals surface area contributed by atoms with Gasteiger partial charge in [-0.05, 0) is 0 Å². The molecular formula is C9H21ClGeO3. The fourth-order valence-electron chi connectivity index (χ4n) is 1.28. The molecule has 86 valence electrons. The quantitative estimate of drug-likeness (QED) is 0.481. The van der Waals surface area contributed by atoms with E-state index in [-0.39, 0.29) is 0 Å². The van der Waals surface area contributed by atoms with Gasteiger partial charge in [0.15, 0.2) is 0 Å². The van der Waals surface area contributed by atoms with Crippen molar-refractivity contribution in [2.45, 2.75) is 32.4 Å². The van der Waals surface area contributed by atoms with Crippen LogP contribution in [0.5, 0.6) is 0 Å². The van der Waals surface area contributed by atoms with Crippen LogP contribution in [0.15, 0.2) is 0 Å². The summed E-state index contributed by atoms with van der Waals surface area (Å²) >= 11 is 2.74. The topological polar surface area (TPSA) is 27.7 Å². The molecule has 0 radical (unpaired) electrons. The average molecular weight is 285 g/mol. The molecule has 0 N–H and O–H groups in total. The molecule has 0 aliphatic heterocycles. The van der Waals surface area contributed by atoms with Gasteiger partial charge in [0.05, 0.1) is 0 Å². The van der Waals surface area contributed by atoms with Crippen LogP contribution in [0.4, 0.5) is 0 Å². The molecule has 0 spiro atoms. The first kappa shape index (κ1) is 14.7. The van der Waals surface area contributed by atoms with E-state index in [0.29, 0.717) is 25.7 Å². The van der Waals surface area contributed by atoms with Crippen LogP contribution in [0.25, 0.3) is 0 Å². The van der Waals surface area contributed by atoms with Gasteiger partial charge in [-0.15, -0.1) is 0 Å². The molecule has 14 heavy (non-hydrogen) atoms. The van der Waals surface area contributed by atoms with Crippen molar-refractivity contribution < 1.29 is 11.3 Å². The normalized spacial score (nSPS) is 12.0. The summed E-state index contributed by atoms with van der Waals surface area (Å²) in [5.41, 5.74) is 0. The monoisotopic (exact) mass is 286 g/mol. The van der Waals surface area contributed by atoms with Crippen LogP contribution in [0.3, 0.4) is 0 Å². The Labute approximate surface area is 95.4 Å². The minimum absolute atomic E-state index is 0.639. The molecule has 0 aromatic rings. The van der Waals surface area contributed by atoms with E-state index < -0.39 is 14.3 Å². The SMILES string of the molecule is CC[O][Ge]([CH2]CCCl)([O]CC)[O]CC. The molecular weight excluding hydrogens is 264 g/mol. The van der Waals surface area contributed by atoms with E-state index in [4.69, 9.17) is 22.9 Å². The Kier molecular flexibility index (Phi) is 9.43. The summed E-state index contributed by atoms with van der Waals surface area (Å²) in [5.74, 6) is 0.639. The first-order valence-electron chi connectivity index (χ1n) is 5.22. The van der Waals surface area contributed by atoms with E-state index in [1.54, 1.807) is 0 Å². The summed E-state index contributed by atoms with van der Waals surface area (Å²) in [6.45, 7) is 7.88. The van der Waals surface area contributed by atoms with E-state index >= 15 is 0 Å². The van der Waals surface area contributed by atoms with Crippen molar-refractivity contribution in [2.24, 2.45) is 0 Å². The molecule has 0 aliphatic carbocycles. The van der Waals surface area contributed by atoms with Gasteiger partial charge in [0, 0.05) is 0 Å². The zero-order chi connectivity index (χ0) is 10.9. The van der Waals surface area contributed by atoms with Crippen molar-refractivity contribution in [1.29, 1.82) is 0 Å². The summed E-state index contributed by atoms with van der Waals surface area (Å²) in [6, 6.07) is 0. The van der Waals surface area contributed by atoms with Gasteiger partial charge >= 0.3 is 95.3 Å². The Balaban J connectivity index is 4.21. The van der Waals surface area contributed by atoms with E-state index in [0.717, 1.165) is 11.7 Å². The summed E-state index contributed by atoms with van der Waals surface area (Å²) < 4.78 is 17.1. The van der Waals surface area contributed by atoms with Gasteiger partial charge in [-0.3, -0.25) is 0 Å². The van der Waals surface area contributed by atoms with Gasteiger partial charge in [-0.25, -0.2) is 0 Å². The molecule has 0 rings (SSSR count). The van der Waals surface area contributed by atoms with Crippen LogP contribution in [0.1, 0.15) is 27.2 Å². The van der Waals surface area contributed by atoms with Crippen LogP contribution < -0.4 is 0 Å². The standard InChI is InChI=1S/C9H21ClGeO3/c1-4-12-11(13-5-2,14-6-3)9-7-8-10/h4-9H2,1-3H3. The summed E-state index contributed by atoms with van der Waals surface area (Å²) in [5, 5.41) is 0.860. The third-order valence-electron chi connectivity index (χ3n) is 1.71. The molecule has 0 saturated carbocycles. The van der Waals surface area contributed by atoms with Gasteiger partial charge in [0.25, 0.3) is 0 Å². The van der Waals surface area contributed by atoms with Crippen molar-refractivity contribution in [3.8, 4) is 0 Å². The second kappa shape index (κ2) is 8.98. The first-order chi connectivity index (χ1) is 6.74. The average Bonchev–Trinajstić information content (AvgIpc) is 2.16. The molecule has 0 aromatic carbocycles. The molecule has 0 amide bonds. The van der Waals surface area contributed by atoms with E-state index in [9.17, 15) is 0 Å². The fraction of sp³-hybridized carbons (Fsp3) is 1.00. The zero-order valence-electron chi connectivity index (χ0n) is 9.35. The van der Waals surface area contributed by atoms with Crippen molar-refractivity contribution in [3.63, 3.8) is 0 Å². The summed E-state index contributed by atoms with van der Waals surface area (Å²) in [7, 11) is 0. The Hall–Kier alpha value is 0.713. The van der Waals surface area contributed by atoms with Crippen molar-refractivity contribution in [2.75, 3.05) is 25.7 Å². The molecule has 0 aliphatic rings. The second-order valence-electron chi connectivity index (χ2n) is 2.77. The van der Waals surface area contributed by atoms with Crippen molar-refractivity contribution >= 4 is 25.9 Å². The van der Waals surface area contributed by atoms with Crippen LogP contribution in [-0.4, -0.2) is 40.0 Å². The second-order valence-corrected chi connectivity index (χ2v) is 8.88. The molecule has 5 heteroatoms. The molecule has 0 unspecified atom stereocenters. The number of halogens is 1. The van der Waals surface area contributed by atoms with Gasteiger partial charge < -0.3 is 0 Å². The molecule has 3 nitrogen and oxygen atoms in total. The maximum atomic E-state index is 5.70. The molecule has 0 heterocycles. The number of hydrogen-bond donors (Lipinski definition) is 0. The summed E-state index contributed by atoms with van der Waals surface area (Å²) in [6.07, 6.45) is 0.904. The van der Waals surface area contributed by atoms with Crippen LogP contribution in [-0.2, 0) is 11.3 Å². The Morgan fingerprint density at radius 2 is 1.36 bits per heavy atom. The van der Waals surface area contributed by atoms with Gasteiger partial charge in [-0.2, -0.15) is 0 Å². The van der Waals surface area contributed by atoms with E-state index in [1.165, 1.54) is 0 Å². The molecule has 0 fully saturated rings. The Morgan fingerprint density at radius 1 is 0.929 bits per heavy atom. The summed E-state index contributed by atoms with van der Waals surface area (Å²) in [4.78, 5) is 0. The third-order valence-corrected chi connectivity index (χ3v) is 8.59. The van der Waals surface area contributed by atoms with Gasteiger partial charge in [0.1, 0.15) is 0 Å². The van der Waals surface area contributed by atoms with E-state index in [1.807, 2.05) is 20.8 Å². The number of rotatable bonds is 9. The van der Waals surface area contributed by atoms with E-state index in [2.05, 4.69) is 0 Å². The van der Waals surface area contributed by atoms with Crippen molar-refractivity contribution in [1.82, 2.24) is 0 Å². The third kappa shape index (κ3) is 5.56. The predicted molar refractivity (Wildman–Crippen MR) is 60.8 cm³/mol. The minimum atomic E-state index is -2.93. The molecule has 0 bridgehead atoms. The molecule has 0 saturated heterocycles. The number of hydrogen-bond acceptors (Lipinski definition) is 3. The first-order valence-corrected chi connectivity index (χ1v) is 9.81. The molecule has 0 atom stereocenters. The van der Waals surface area contributed by atoms with Crippen LogP contribution in [0, 0.1) is 0 Å². The number of alkyl halides is 1. The fourth-order valence-corrected chi connectivity index (χ4v) is 7.37. The van der Waals surface area contributed by atoms with Crippen LogP contribution in [0.2, 0.25) is 5.25 Å². The van der Waals surface area contributed by atoms with Crippen LogP contribution >= 0.6 is 11.6 Å². The predicted octanol–water partition coefficient (Wildman–Crippen LogP) is 2.66. The Bertz CT molecular complexity index is 118. The molecule has 0 aromatic heterocycles. The zero-order valence-corrected chi connectivity index (χ0v) is 12.2. The maximum absolute atomic E-state index is 5.70.